The highest BCUT2D eigenvalue weighted by atomic mass is 16.5. The molecule has 0 aromatic heterocycles. The van der Waals surface area contributed by atoms with Gasteiger partial charge in [0.25, 0.3) is 0 Å². The zero-order valence-corrected chi connectivity index (χ0v) is 17.8. The zero-order valence-electron chi connectivity index (χ0n) is 17.8. The Morgan fingerprint density at radius 1 is 0.933 bits per heavy atom. The lowest BCUT2D eigenvalue weighted by molar-refractivity contribution is -0.119. The Bertz CT molecular complexity index is 989. The van der Waals surface area contributed by atoms with Crippen LogP contribution in [0.2, 0.25) is 0 Å². The normalized spacial score (nSPS) is 14.7. The molecule has 0 N–H and O–H groups in total. The minimum absolute atomic E-state index is 0.159. The molecule has 1 amide bonds. The van der Waals surface area contributed by atoms with E-state index < -0.39 is 0 Å². The summed E-state index contributed by atoms with van der Waals surface area (Å²) in [4.78, 5) is 19.7. The van der Waals surface area contributed by atoms with E-state index >= 15 is 0 Å². The van der Waals surface area contributed by atoms with E-state index in [0.29, 0.717) is 13.1 Å². The Labute approximate surface area is 178 Å². The summed E-state index contributed by atoms with van der Waals surface area (Å²) < 4.78 is 5.24. The summed E-state index contributed by atoms with van der Waals surface area (Å²) in [6.45, 7) is 6.75. The van der Waals surface area contributed by atoms with Crippen molar-refractivity contribution in [3.05, 3.63) is 66.7 Å². The van der Waals surface area contributed by atoms with Gasteiger partial charge in [-0.25, -0.2) is 0 Å². The van der Waals surface area contributed by atoms with Gasteiger partial charge in [-0.05, 0) is 42.6 Å². The average Bonchev–Trinajstić information content (AvgIpc) is 2.80. The van der Waals surface area contributed by atoms with E-state index in [1.54, 1.807) is 7.11 Å². The first-order valence-corrected chi connectivity index (χ1v) is 10.6. The number of nitrogens with zero attached hydrogens (tertiary/aromatic N) is 3. The lowest BCUT2D eigenvalue weighted by Crippen LogP contribution is -2.50. The maximum atomic E-state index is 13.2. The van der Waals surface area contributed by atoms with Gasteiger partial charge in [0, 0.05) is 43.8 Å². The molecular formula is C25H29N3O2. The number of ether oxygens (including phenoxy) is 1. The number of hydrogen-bond donors (Lipinski definition) is 0. The molecule has 3 aromatic rings. The molecule has 0 radical (unpaired) electrons. The highest BCUT2D eigenvalue weighted by Gasteiger charge is 2.23. The van der Waals surface area contributed by atoms with Crippen LogP contribution in [-0.2, 0) is 4.79 Å². The van der Waals surface area contributed by atoms with E-state index in [1.807, 2.05) is 48.2 Å². The van der Waals surface area contributed by atoms with Crippen LogP contribution in [0.4, 0.5) is 11.4 Å². The summed E-state index contributed by atoms with van der Waals surface area (Å²) in [6, 6.07) is 22.6. The summed E-state index contributed by atoms with van der Waals surface area (Å²) in [5, 5.41) is 2.29. The second-order valence-corrected chi connectivity index (χ2v) is 7.60. The third-order valence-electron chi connectivity index (χ3n) is 5.84. The lowest BCUT2D eigenvalue weighted by atomic mass is 10.1. The molecule has 5 heteroatoms. The van der Waals surface area contributed by atoms with Crippen molar-refractivity contribution in [1.29, 1.82) is 0 Å². The van der Waals surface area contributed by atoms with Gasteiger partial charge in [0.15, 0.2) is 0 Å². The molecule has 156 valence electrons. The SMILES string of the molecule is CCN(C(=O)CN1CCN(c2ccc(OC)cc2)CC1)c1cccc2ccccc12. The molecule has 0 atom stereocenters. The van der Waals surface area contributed by atoms with Crippen molar-refractivity contribution in [3.63, 3.8) is 0 Å². The summed E-state index contributed by atoms with van der Waals surface area (Å²) in [5.41, 5.74) is 2.20. The number of fused-ring (bicyclic) bond motifs is 1. The first-order valence-electron chi connectivity index (χ1n) is 10.6. The van der Waals surface area contributed by atoms with Crippen LogP contribution in [0.25, 0.3) is 10.8 Å². The van der Waals surface area contributed by atoms with Crippen molar-refractivity contribution in [1.82, 2.24) is 4.90 Å². The summed E-state index contributed by atoms with van der Waals surface area (Å²) in [5.74, 6) is 1.03. The number of anilines is 2. The minimum Gasteiger partial charge on any atom is -0.497 e. The number of benzene rings is 3. The molecule has 0 unspecified atom stereocenters. The van der Waals surface area contributed by atoms with Gasteiger partial charge in [-0.15, -0.1) is 0 Å². The molecular weight excluding hydrogens is 374 g/mol. The molecule has 1 aliphatic heterocycles. The maximum Gasteiger partial charge on any atom is 0.241 e. The molecule has 3 aromatic carbocycles. The predicted octanol–water partition coefficient (Wildman–Crippen LogP) is 4.02. The van der Waals surface area contributed by atoms with Gasteiger partial charge < -0.3 is 14.5 Å². The Hall–Kier alpha value is -3.05. The van der Waals surface area contributed by atoms with Gasteiger partial charge in [0.05, 0.1) is 19.3 Å². The molecule has 0 saturated carbocycles. The average molecular weight is 404 g/mol. The fraction of sp³-hybridized carbons (Fsp3) is 0.320. The van der Waals surface area contributed by atoms with E-state index in [9.17, 15) is 4.79 Å². The van der Waals surface area contributed by atoms with Crippen molar-refractivity contribution in [2.45, 2.75) is 6.92 Å². The Balaban J connectivity index is 1.40. The molecule has 0 aliphatic carbocycles. The monoisotopic (exact) mass is 403 g/mol. The van der Waals surface area contributed by atoms with Gasteiger partial charge in [0.1, 0.15) is 5.75 Å². The van der Waals surface area contributed by atoms with E-state index in [-0.39, 0.29) is 5.91 Å². The number of likely N-dealkylation sites (N-methyl/N-ethyl adjacent to an activating group) is 1. The Kier molecular flexibility index (Phi) is 6.19. The van der Waals surface area contributed by atoms with Gasteiger partial charge in [-0.2, -0.15) is 0 Å². The van der Waals surface area contributed by atoms with Crippen molar-refractivity contribution < 1.29 is 9.53 Å². The first-order chi connectivity index (χ1) is 14.7. The quantitative estimate of drug-likeness (QED) is 0.623. The van der Waals surface area contributed by atoms with Crippen LogP contribution in [0.15, 0.2) is 66.7 Å². The standard InChI is InChI=1S/C25H29N3O2/c1-3-28(24-10-6-8-20-7-4-5-9-23(20)24)25(29)19-26-15-17-27(18-16-26)21-11-13-22(30-2)14-12-21/h4-14H,3,15-19H2,1-2H3. The van der Waals surface area contributed by atoms with Gasteiger partial charge in [0.2, 0.25) is 5.91 Å². The highest BCUT2D eigenvalue weighted by Crippen LogP contribution is 2.27. The number of hydrogen-bond acceptors (Lipinski definition) is 4. The number of rotatable bonds is 6. The second kappa shape index (κ2) is 9.18. The molecule has 4 rings (SSSR count). The summed E-state index contributed by atoms with van der Waals surface area (Å²) >= 11 is 0. The molecule has 5 nitrogen and oxygen atoms in total. The third-order valence-corrected chi connectivity index (χ3v) is 5.84. The van der Waals surface area contributed by atoms with Crippen LogP contribution in [0.3, 0.4) is 0 Å². The van der Waals surface area contributed by atoms with Crippen molar-refractivity contribution in [2.24, 2.45) is 0 Å². The van der Waals surface area contributed by atoms with Crippen molar-refractivity contribution in [2.75, 3.05) is 56.2 Å². The summed E-state index contributed by atoms with van der Waals surface area (Å²) in [7, 11) is 1.68. The topological polar surface area (TPSA) is 36.0 Å². The predicted molar refractivity (Wildman–Crippen MR) is 124 cm³/mol. The van der Waals surface area contributed by atoms with E-state index in [0.717, 1.165) is 48.4 Å². The van der Waals surface area contributed by atoms with Crippen LogP contribution < -0.4 is 14.5 Å². The molecule has 30 heavy (non-hydrogen) atoms. The van der Waals surface area contributed by atoms with Crippen molar-refractivity contribution >= 4 is 28.1 Å². The largest absolute Gasteiger partial charge is 0.497 e. The van der Waals surface area contributed by atoms with E-state index in [4.69, 9.17) is 4.74 Å². The van der Waals surface area contributed by atoms with Crippen LogP contribution in [-0.4, -0.2) is 57.2 Å². The van der Waals surface area contributed by atoms with Gasteiger partial charge in [-0.3, -0.25) is 9.69 Å². The number of piperazine rings is 1. The van der Waals surface area contributed by atoms with Crippen LogP contribution in [0.1, 0.15) is 6.92 Å². The smallest absolute Gasteiger partial charge is 0.241 e. The number of methoxy groups -OCH3 is 1. The molecule has 1 fully saturated rings. The Morgan fingerprint density at radius 2 is 1.63 bits per heavy atom. The number of carbonyl (C=O) groups excluding carboxylic acids is 1. The number of amides is 1. The molecule has 1 aliphatic rings. The third kappa shape index (κ3) is 4.26. The van der Waals surface area contributed by atoms with E-state index in [2.05, 4.69) is 40.1 Å². The zero-order chi connectivity index (χ0) is 20.9. The maximum absolute atomic E-state index is 13.2. The Morgan fingerprint density at radius 3 is 2.33 bits per heavy atom. The fourth-order valence-corrected chi connectivity index (χ4v) is 4.16. The minimum atomic E-state index is 0.159. The highest BCUT2D eigenvalue weighted by molar-refractivity contribution is 6.04. The summed E-state index contributed by atoms with van der Waals surface area (Å²) in [6.07, 6.45) is 0. The fourth-order valence-electron chi connectivity index (χ4n) is 4.16. The molecule has 1 saturated heterocycles. The van der Waals surface area contributed by atoms with Crippen molar-refractivity contribution in [3.8, 4) is 5.75 Å². The number of carbonyl (C=O) groups is 1. The van der Waals surface area contributed by atoms with Crippen LogP contribution in [0.5, 0.6) is 5.75 Å². The molecule has 0 spiro atoms. The molecule has 1 heterocycles. The second-order valence-electron chi connectivity index (χ2n) is 7.60. The van der Waals surface area contributed by atoms with Gasteiger partial charge >= 0.3 is 0 Å². The van der Waals surface area contributed by atoms with Gasteiger partial charge in [-0.1, -0.05) is 36.4 Å². The first kappa shape index (κ1) is 20.2. The van der Waals surface area contributed by atoms with Crippen LogP contribution >= 0.6 is 0 Å². The lowest BCUT2D eigenvalue weighted by Gasteiger charge is -2.36. The molecule has 0 bridgehead atoms. The van der Waals surface area contributed by atoms with E-state index in [1.165, 1.54) is 5.69 Å². The van der Waals surface area contributed by atoms with Crippen LogP contribution in [0, 0.1) is 0 Å².